The Labute approximate surface area is 180 Å². The first-order chi connectivity index (χ1) is 15.1. The molecule has 162 valence electrons. The van der Waals surface area contributed by atoms with Gasteiger partial charge in [-0.15, -0.1) is 0 Å². The molecule has 0 aliphatic carbocycles. The van der Waals surface area contributed by atoms with Crippen LogP contribution in [0.3, 0.4) is 0 Å². The number of hydrogen-bond donors (Lipinski definition) is 4. The predicted octanol–water partition coefficient (Wildman–Crippen LogP) is 2.65. The number of carbonyl (C=O) groups is 4. The summed E-state index contributed by atoms with van der Waals surface area (Å²) in [7, 11) is 1.26. The van der Waals surface area contributed by atoms with Crippen molar-refractivity contribution in [1.29, 1.82) is 0 Å². The third-order valence-corrected chi connectivity index (χ3v) is 4.55. The zero-order valence-electron chi connectivity index (χ0n) is 16.5. The number of methoxy groups -OCH3 is 1. The number of aromatic hydroxyl groups is 4. The number of benzene rings is 3. The van der Waals surface area contributed by atoms with Crippen molar-refractivity contribution in [3.63, 3.8) is 0 Å². The average molecular weight is 436 g/mol. The highest BCUT2D eigenvalue weighted by molar-refractivity contribution is 6.51. The lowest BCUT2D eigenvalue weighted by molar-refractivity contribution is 0.0812. The fraction of sp³-hybridized carbons (Fsp3) is 0.0435. The predicted molar refractivity (Wildman–Crippen MR) is 110 cm³/mol. The summed E-state index contributed by atoms with van der Waals surface area (Å²) in [4.78, 5) is 50.5. The first-order valence-corrected chi connectivity index (χ1v) is 9.03. The van der Waals surface area contributed by atoms with Gasteiger partial charge in [0, 0.05) is 22.3 Å². The first-order valence-electron chi connectivity index (χ1n) is 9.03. The molecule has 32 heavy (non-hydrogen) atoms. The maximum absolute atomic E-state index is 12.7. The molecule has 3 rings (SSSR count). The molecule has 0 amide bonds. The van der Waals surface area contributed by atoms with Crippen LogP contribution < -0.4 is 4.74 Å². The van der Waals surface area contributed by atoms with Crippen molar-refractivity contribution >= 4 is 23.1 Å². The molecule has 0 aliphatic rings. The van der Waals surface area contributed by atoms with Gasteiger partial charge in [-0.2, -0.15) is 0 Å². The SMILES string of the molecule is COc1cc(C(=O)C(=O)c2ccc(O)c(O)c2)cc(C(=O)C(=O)c2ccc(O)c(O)c2)c1. The number of rotatable bonds is 7. The van der Waals surface area contributed by atoms with Gasteiger partial charge in [-0.3, -0.25) is 19.2 Å². The number of Topliss-reactive ketones (excluding diaryl/α,β-unsaturated/α-hetero) is 4. The molecule has 0 bridgehead atoms. The molecule has 3 aromatic rings. The normalized spacial score (nSPS) is 10.4. The Bertz CT molecular complexity index is 1180. The zero-order chi connectivity index (χ0) is 23.6. The Hall–Kier alpha value is -4.66. The molecule has 0 aromatic heterocycles. The van der Waals surface area contributed by atoms with Crippen molar-refractivity contribution in [3.8, 4) is 28.7 Å². The van der Waals surface area contributed by atoms with Crippen LogP contribution in [0.2, 0.25) is 0 Å². The Morgan fingerprint density at radius 3 is 1.25 bits per heavy atom. The van der Waals surface area contributed by atoms with Gasteiger partial charge in [-0.05, 0) is 54.6 Å². The molecule has 3 aromatic carbocycles. The smallest absolute Gasteiger partial charge is 0.233 e. The van der Waals surface area contributed by atoms with E-state index in [2.05, 4.69) is 0 Å². The number of phenolic OH excluding ortho intramolecular Hbond substituents is 4. The highest BCUT2D eigenvalue weighted by atomic mass is 16.5. The second-order valence-corrected chi connectivity index (χ2v) is 6.67. The lowest BCUT2D eigenvalue weighted by Crippen LogP contribution is -2.18. The van der Waals surface area contributed by atoms with E-state index in [-0.39, 0.29) is 28.0 Å². The molecule has 9 heteroatoms. The Balaban J connectivity index is 1.97. The molecular weight excluding hydrogens is 420 g/mol. The van der Waals surface area contributed by atoms with Crippen LogP contribution >= 0.6 is 0 Å². The van der Waals surface area contributed by atoms with Crippen LogP contribution in [0.1, 0.15) is 41.4 Å². The van der Waals surface area contributed by atoms with E-state index in [0.29, 0.717) is 0 Å². The van der Waals surface area contributed by atoms with Crippen molar-refractivity contribution in [3.05, 3.63) is 76.9 Å². The number of carbonyl (C=O) groups excluding carboxylic acids is 4. The fourth-order valence-electron chi connectivity index (χ4n) is 2.83. The molecule has 0 radical (unpaired) electrons. The Morgan fingerprint density at radius 1 is 0.531 bits per heavy atom. The van der Waals surface area contributed by atoms with Crippen molar-refractivity contribution < 1.29 is 44.3 Å². The molecule has 0 saturated carbocycles. The van der Waals surface area contributed by atoms with Gasteiger partial charge in [0.25, 0.3) is 0 Å². The van der Waals surface area contributed by atoms with E-state index in [1.807, 2.05) is 0 Å². The van der Waals surface area contributed by atoms with Crippen LogP contribution in [0.25, 0.3) is 0 Å². The summed E-state index contributed by atoms with van der Waals surface area (Å²) in [5.74, 6) is -6.23. The average Bonchev–Trinajstić information content (AvgIpc) is 2.80. The second kappa shape index (κ2) is 8.60. The monoisotopic (exact) mass is 436 g/mol. The van der Waals surface area contributed by atoms with E-state index in [0.717, 1.165) is 42.5 Å². The van der Waals surface area contributed by atoms with Gasteiger partial charge in [0.15, 0.2) is 23.0 Å². The van der Waals surface area contributed by atoms with Crippen LogP contribution in [0.5, 0.6) is 28.7 Å². The molecule has 0 heterocycles. The van der Waals surface area contributed by atoms with Gasteiger partial charge in [0.05, 0.1) is 7.11 Å². The third-order valence-electron chi connectivity index (χ3n) is 4.55. The maximum Gasteiger partial charge on any atom is 0.233 e. The van der Waals surface area contributed by atoms with Gasteiger partial charge in [-0.1, -0.05) is 0 Å². The number of phenols is 4. The van der Waals surface area contributed by atoms with Crippen LogP contribution in [-0.2, 0) is 0 Å². The second-order valence-electron chi connectivity index (χ2n) is 6.67. The van der Waals surface area contributed by atoms with Gasteiger partial charge in [0.1, 0.15) is 5.75 Å². The number of hydrogen-bond acceptors (Lipinski definition) is 9. The van der Waals surface area contributed by atoms with E-state index in [4.69, 9.17) is 4.74 Å². The third kappa shape index (κ3) is 4.26. The molecule has 0 aliphatic heterocycles. The van der Waals surface area contributed by atoms with E-state index >= 15 is 0 Å². The summed E-state index contributed by atoms with van der Waals surface area (Å²) in [6.45, 7) is 0. The summed E-state index contributed by atoms with van der Waals surface area (Å²) in [5, 5.41) is 37.8. The molecular formula is C23H16O9. The van der Waals surface area contributed by atoms with Crippen molar-refractivity contribution in [2.75, 3.05) is 7.11 Å². The van der Waals surface area contributed by atoms with Gasteiger partial charge in [-0.25, -0.2) is 0 Å². The summed E-state index contributed by atoms with van der Waals surface area (Å²) in [5.41, 5.74) is -0.883. The summed E-state index contributed by atoms with van der Waals surface area (Å²) in [6, 6.07) is 9.66. The maximum atomic E-state index is 12.7. The number of ether oxygens (including phenoxy) is 1. The Morgan fingerprint density at radius 2 is 0.906 bits per heavy atom. The van der Waals surface area contributed by atoms with E-state index in [1.165, 1.54) is 19.2 Å². The van der Waals surface area contributed by atoms with Crippen LogP contribution in [0.4, 0.5) is 0 Å². The van der Waals surface area contributed by atoms with Gasteiger partial charge < -0.3 is 25.2 Å². The quantitative estimate of drug-likeness (QED) is 0.248. The Kier molecular flexibility index (Phi) is 5.92. The summed E-state index contributed by atoms with van der Waals surface area (Å²) in [6.07, 6.45) is 0. The van der Waals surface area contributed by atoms with E-state index < -0.39 is 46.1 Å². The standard InChI is InChI=1S/C23H16O9/c1-32-15-7-13(22(30)20(28)11-2-4-16(24)18(26)9-11)6-14(8-15)23(31)21(29)12-3-5-17(25)19(27)10-12/h2-10,24-27H,1H3. The van der Waals surface area contributed by atoms with Crippen LogP contribution in [-0.4, -0.2) is 50.7 Å². The lowest BCUT2D eigenvalue weighted by atomic mass is 9.95. The molecule has 0 unspecified atom stereocenters. The van der Waals surface area contributed by atoms with Crippen molar-refractivity contribution in [1.82, 2.24) is 0 Å². The van der Waals surface area contributed by atoms with E-state index in [9.17, 15) is 39.6 Å². The van der Waals surface area contributed by atoms with Gasteiger partial charge in [0.2, 0.25) is 23.1 Å². The topological polar surface area (TPSA) is 158 Å². The summed E-state index contributed by atoms with van der Waals surface area (Å²) >= 11 is 0. The van der Waals surface area contributed by atoms with Crippen molar-refractivity contribution in [2.45, 2.75) is 0 Å². The minimum absolute atomic E-state index is 0.0295. The largest absolute Gasteiger partial charge is 0.504 e. The summed E-state index contributed by atoms with van der Waals surface area (Å²) < 4.78 is 5.06. The first kappa shape index (κ1) is 22.0. The van der Waals surface area contributed by atoms with Crippen LogP contribution in [0, 0.1) is 0 Å². The molecule has 4 N–H and O–H groups in total. The highest BCUT2D eigenvalue weighted by Crippen LogP contribution is 2.28. The molecule has 9 nitrogen and oxygen atoms in total. The minimum Gasteiger partial charge on any atom is -0.504 e. The highest BCUT2D eigenvalue weighted by Gasteiger charge is 2.25. The van der Waals surface area contributed by atoms with Gasteiger partial charge >= 0.3 is 0 Å². The minimum atomic E-state index is -1.04. The molecule has 0 atom stereocenters. The van der Waals surface area contributed by atoms with Crippen molar-refractivity contribution in [2.24, 2.45) is 0 Å². The molecule has 0 saturated heterocycles. The van der Waals surface area contributed by atoms with E-state index in [1.54, 1.807) is 0 Å². The number of ketones is 4. The fourth-order valence-corrected chi connectivity index (χ4v) is 2.83. The lowest BCUT2D eigenvalue weighted by Gasteiger charge is -2.08. The van der Waals surface area contributed by atoms with Crippen LogP contribution in [0.15, 0.2) is 54.6 Å². The zero-order valence-corrected chi connectivity index (χ0v) is 16.5. The molecule has 0 fully saturated rings. The molecule has 0 spiro atoms.